The summed E-state index contributed by atoms with van der Waals surface area (Å²) in [6.45, 7) is 0.0373. The zero-order valence-electron chi connectivity index (χ0n) is 12.0. The topological polar surface area (TPSA) is 73.2 Å². The normalized spacial score (nSPS) is 12.3. The second-order valence-corrected chi connectivity index (χ2v) is 6.43. The smallest absolute Gasteiger partial charge is 0.384 e. The van der Waals surface area contributed by atoms with E-state index in [1.54, 1.807) is 0 Å². The Bertz CT molecular complexity index is 755. The third kappa shape index (κ3) is 4.45. The molecule has 1 aromatic heterocycles. The molecule has 23 heavy (non-hydrogen) atoms. The van der Waals surface area contributed by atoms with Crippen molar-refractivity contribution in [2.75, 3.05) is 24.2 Å². The first-order valence-electron chi connectivity index (χ1n) is 6.44. The first-order valence-corrected chi connectivity index (χ1v) is 8.09. The molecule has 0 aliphatic heterocycles. The van der Waals surface area contributed by atoms with Gasteiger partial charge in [-0.3, -0.25) is 4.72 Å². The Kier molecular flexibility index (Phi) is 4.95. The summed E-state index contributed by atoms with van der Waals surface area (Å²) in [6.07, 6.45) is -3.49. The van der Waals surface area contributed by atoms with E-state index in [-0.39, 0.29) is 23.7 Å². The Hall–Kier alpha value is -2.07. The van der Waals surface area contributed by atoms with E-state index in [1.807, 2.05) is 0 Å². The number of benzene rings is 1. The summed E-state index contributed by atoms with van der Waals surface area (Å²) in [4.78, 5) is 0. The lowest BCUT2D eigenvalue weighted by molar-refractivity contribution is -0.142. The van der Waals surface area contributed by atoms with E-state index in [4.69, 9.17) is 4.74 Å². The predicted molar refractivity (Wildman–Crippen MR) is 77.9 cm³/mol. The highest BCUT2D eigenvalue weighted by Crippen LogP contribution is 2.30. The van der Waals surface area contributed by atoms with Crippen LogP contribution in [-0.2, 0) is 20.9 Å². The fraction of sp³-hybridized carbons (Fsp3) is 0.308. The quantitative estimate of drug-likeness (QED) is 0.868. The molecular weight excluding hydrogens is 335 g/mol. The zero-order valence-corrected chi connectivity index (χ0v) is 12.9. The molecule has 10 heteroatoms. The molecule has 2 rings (SSSR count). The minimum atomic E-state index is -4.53. The molecule has 0 aliphatic carbocycles. The van der Waals surface area contributed by atoms with Crippen LogP contribution < -0.4 is 4.72 Å². The molecule has 0 spiro atoms. The van der Waals surface area contributed by atoms with Crippen molar-refractivity contribution in [3.63, 3.8) is 0 Å². The number of hydrogen-bond donors (Lipinski definition) is 1. The molecule has 0 atom stereocenters. The first kappa shape index (κ1) is 17.3. The van der Waals surface area contributed by atoms with E-state index in [1.165, 1.54) is 31.4 Å². The summed E-state index contributed by atoms with van der Waals surface area (Å²) in [7, 11) is -2.19. The number of sulfonamides is 1. The van der Waals surface area contributed by atoms with Crippen molar-refractivity contribution in [3.05, 3.63) is 42.2 Å². The molecule has 126 valence electrons. The SMILES string of the molecule is COCCS(=O)(=O)Nc1ccc(-n2nccc2C(F)(F)F)cc1. The van der Waals surface area contributed by atoms with Crippen LogP contribution in [0.5, 0.6) is 0 Å². The monoisotopic (exact) mass is 349 g/mol. The van der Waals surface area contributed by atoms with Crippen molar-refractivity contribution in [1.82, 2.24) is 9.78 Å². The van der Waals surface area contributed by atoms with Crippen LogP contribution in [0.4, 0.5) is 18.9 Å². The number of alkyl halides is 3. The molecule has 2 aromatic rings. The largest absolute Gasteiger partial charge is 0.433 e. The van der Waals surface area contributed by atoms with Gasteiger partial charge in [0.05, 0.1) is 24.2 Å². The van der Waals surface area contributed by atoms with Crippen LogP contribution in [-0.4, -0.2) is 37.7 Å². The lowest BCUT2D eigenvalue weighted by Crippen LogP contribution is -2.19. The highest BCUT2D eigenvalue weighted by Gasteiger charge is 2.35. The molecule has 6 nitrogen and oxygen atoms in total. The minimum absolute atomic E-state index is 0.0373. The number of ether oxygens (including phenoxy) is 1. The van der Waals surface area contributed by atoms with Crippen molar-refractivity contribution in [2.24, 2.45) is 0 Å². The van der Waals surface area contributed by atoms with E-state index in [0.717, 1.165) is 16.9 Å². The molecule has 1 aromatic carbocycles. The standard InChI is InChI=1S/C13H14F3N3O3S/c1-22-8-9-23(20,21)18-10-2-4-11(5-3-10)19-12(6-7-17-19)13(14,15)16/h2-7,18H,8-9H2,1H3. The summed E-state index contributed by atoms with van der Waals surface area (Å²) in [5, 5.41) is 3.64. The fourth-order valence-electron chi connectivity index (χ4n) is 1.82. The van der Waals surface area contributed by atoms with Crippen LogP contribution in [0, 0.1) is 0 Å². The highest BCUT2D eigenvalue weighted by molar-refractivity contribution is 7.92. The molecule has 0 saturated carbocycles. The van der Waals surface area contributed by atoms with Crippen LogP contribution in [0.15, 0.2) is 36.5 Å². The fourth-order valence-corrected chi connectivity index (χ4v) is 2.80. The number of rotatable bonds is 6. The van der Waals surface area contributed by atoms with E-state index < -0.39 is 21.9 Å². The van der Waals surface area contributed by atoms with Gasteiger partial charge in [0.2, 0.25) is 10.0 Å². The van der Waals surface area contributed by atoms with E-state index >= 15 is 0 Å². The zero-order chi connectivity index (χ0) is 17.1. The number of halogens is 3. The second-order valence-electron chi connectivity index (χ2n) is 4.59. The predicted octanol–water partition coefficient (Wildman–Crippen LogP) is 2.28. The van der Waals surface area contributed by atoms with E-state index in [9.17, 15) is 21.6 Å². The minimum Gasteiger partial charge on any atom is -0.384 e. The van der Waals surface area contributed by atoms with Gasteiger partial charge in [-0.25, -0.2) is 13.1 Å². The van der Waals surface area contributed by atoms with Gasteiger partial charge < -0.3 is 4.74 Å². The van der Waals surface area contributed by atoms with Gasteiger partial charge in [0.15, 0.2) is 0 Å². The molecule has 0 amide bonds. The van der Waals surface area contributed by atoms with Crippen LogP contribution in [0.2, 0.25) is 0 Å². The van der Waals surface area contributed by atoms with Crippen LogP contribution in [0.1, 0.15) is 5.69 Å². The summed E-state index contributed by atoms with van der Waals surface area (Å²) < 4.78 is 69.6. The van der Waals surface area contributed by atoms with Crippen LogP contribution in [0.25, 0.3) is 5.69 Å². The van der Waals surface area contributed by atoms with Crippen LogP contribution >= 0.6 is 0 Å². The maximum Gasteiger partial charge on any atom is 0.433 e. The van der Waals surface area contributed by atoms with Gasteiger partial charge in [-0.05, 0) is 30.3 Å². The first-order chi connectivity index (χ1) is 10.7. The number of methoxy groups -OCH3 is 1. The Morgan fingerprint density at radius 2 is 1.87 bits per heavy atom. The third-order valence-corrected chi connectivity index (χ3v) is 4.13. The molecule has 0 fully saturated rings. The maximum absolute atomic E-state index is 12.8. The van der Waals surface area contributed by atoms with Crippen molar-refractivity contribution in [1.29, 1.82) is 0 Å². The van der Waals surface area contributed by atoms with Gasteiger partial charge in [0.25, 0.3) is 0 Å². The molecule has 1 N–H and O–H groups in total. The Labute approximate surface area is 130 Å². The summed E-state index contributed by atoms with van der Waals surface area (Å²) in [6, 6.07) is 6.28. The van der Waals surface area contributed by atoms with Crippen LogP contribution in [0.3, 0.4) is 0 Å². The lowest BCUT2D eigenvalue weighted by Gasteiger charge is -2.11. The highest BCUT2D eigenvalue weighted by atomic mass is 32.2. The Morgan fingerprint density at radius 1 is 1.22 bits per heavy atom. The van der Waals surface area contributed by atoms with Gasteiger partial charge in [-0.1, -0.05) is 0 Å². The van der Waals surface area contributed by atoms with Gasteiger partial charge in [0.1, 0.15) is 5.69 Å². The maximum atomic E-state index is 12.8. The number of hydrogen-bond acceptors (Lipinski definition) is 4. The van der Waals surface area contributed by atoms with Crippen molar-refractivity contribution in [2.45, 2.75) is 6.18 Å². The summed E-state index contributed by atoms with van der Waals surface area (Å²) in [5.74, 6) is -0.220. The molecule has 0 bridgehead atoms. The number of nitrogens with one attached hydrogen (secondary N) is 1. The van der Waals surface area contributed by atoms with Crippen molar-refractivity contribution >= 4 is 15.7 Å². The molecule has 0 saturated heterocycles. The van der Waals surface area contributed by atoms with E-state index in [0.29, 0.717) is 0 Å². The molecule has 1 heterocycles. The van der Waals surface area contributed by atoms with Crippen molar-refractivity contribution < 1.29 is 26.3 Å². The van der Waals surface area contributed by atoms with E-state index in [2.05, 4.69) is 9.82 Å². The molecule has 0 radical (unpaired) electrons. The molecule has 0 unspecified atom stereocenters. The van der Waals surface area contributed by atoms with Gasteiger partial charge >= 0.3 is 6.18 Å². The Balaban J connectivity index is 2.19. The summed E-state index contributed by atoms with van der Waals surface area (Å²) in [5.41, 5.74) is -0.501. The average Bonchev–Trinajstić information content (AvgIpc) is 2.95. The third-order valence-electron chi connectivity index (χ3n) is 2.87. The molecule has 0 aliphatic rings. The lowest BCUT2D eigenvalue weighted by atomic mass is 10.3. The second kappa shape index (κ2) is 6.59. The molecular formula is C13H14F3N3O3S. The Morgan fingerprint density at radius 3 is 2.43 bits per heavy atom. The van der Waals surface area contributed by atoms with Gasteiger partial charge in [-0.2, -0.15) is 18.3 Å². The van der Waals surface area contributed by atoms with Gasteiger partial charge in [0, 0.05) is 12.8 Å². The number of aromatic nitrogens is 2. The van der Waals surface area contributed by atoms with Crippen molar-refractivity contribution in [3.8, 4) is 5.69 Å². The average molecular weight is 349 g/mol. The number of nitrogens with zero attached hydrogens (tertiary/aromatic N) is 2. The van der Waals surface area contributed by atoms with Gasteiger partial charge in [-0.15, -0.1) is 0 Å². The summed E-state index contributed by atoms with van der Waals surface area (Å²) >= 11 is 0. The number of anilines is 1.